The molecule has 2 heterocycles. The number of nitrogens with zero attached hydrogens (tertiary/aromatic N) is 2. The van der Waals surface area contributed by atoms with Crippen LogP contribution in [0.4, 0.5) is 0 Å². The zero-order valence-corrected chi connectivity index (χ0v) is 12.9. The first kappa shape index (κ1) is 15.2. The highest BCUT2D eigenvalue weighted by atomic mass is 16.5. The molecule has 0 amide bonds. The Balaban J connectivity index is 1.77. The minimum absolute atomic E-state index is 0.286. The molecule has 0 spiro atoms. The van der Waals surface area contributed by atoms with Crippen molar-refractivity contribution in [2.24, 2.45) is 7.05 Å². The molecular weight excluding hydrogens is 292 g/mol. The SMILES string of the molecule is Cn1c(C(=O)O)c(COCCc2ccncc2)c2ccccc21. The Morgan fingerprint density at radius 2 is 1.96 bits per heavy atom. The molecule has 0 saturated carbocycles. The molecule has 5 heteroatoms. The van der Waals surface area contributed by atoms with Gasteiger partial charge in [0.25, 0.3) is 0 Å². The molecule has 0 aliphatic rings. The van der Waals surface area contributed by atoms with Gasteiger partial charge >= 0.3 is 5.97 Å². The number of carboxylic acid groups (broad SMARTS) is 1. The molecule has 1 aromatic carbocycles. The number of benzene rings is 1. The van der Waals surface area contributed by atoms with Gasteiger partial charge in [0.1, 0.15) is 5.69 Å². The molecule has 0 fully saturated rings. The first-order valence-electron chi connectivity index (χ1n) is 7.44. The summed E-state index contributed by atoms with van der Waals surface area (Å²) < 4.78 is 7.45. The molecule has 5 nitrogen and oxygen atoms in total. The van der Waals surface area contributed by atoms with E-state index in [1.54, 1.807) is 24.0 Å². The molecule has 2 aromatic heterocycles. The summed E-state index contributed by atoms with van der Waals surface area (Å²) in [6.07, 6.45) is 4.28. The van der Waals surface area contributed by atoms with Crippen LogP contribution in [0.3, 0.4) is 0 Å². The summed E-state index contributed by atoms with van der Waals surface area (Å²) in [5.74, 6) is -0.934. The van der Waals surface area contributed by atoms with E-state index in [2.05, 4.69) is 4.98 Å². The topological polar surface area (TPSA) is 64.4 Å². The average Bonchev–Trinajstić information content (AvgIpc) is 2.85. The number of carbonyl (C=O) groups is 1. The first-order chi connectivity index (χ1) is 11.2. The molecule has 0 aliphatic carbocycles. The summed E-state index contributed by atoms with van der Waals surface area (Å²) in [5, 5.41) is 10.4. The third kappa shape index (κ3) is 3.10. The Bertz CT molecular complexity index is 825. The van der Waals surface area contributed by atoms with Gasteiger partial charge in [-0.15, -0.1) is 0 Å². The number of ether oxygens (including phenoxy) is 1. The minimum atomic E-state index is -0.934. The van der Waals surface area contributed by atoms with Crippen LogP contribution in [0.1, 0.15) is 21.6 Å². The number of aromatic carboxylic acids is 1. The lowest BCUT2D eigenvalue weighted by Gasteiger charge is -2.06. The van der Waals surface area contributed by atoms with Crippen LogP contribution >= 0.6 is 0 Å². The number of aromatic nitrogens is 2. The maximum Gasteiger partial charge on any atom is 0.352 e. The number of hydrogen-bond acceptors (Lipinski definition) is 3. The molecule has 0 radical (unpaired) electrons. The maximum atomic E-state index is 11.6. The third-order valence-corrected chi connectivity index (χ3v) is 3.95. The maximum absolute atomic E-state index is 11.6. The van der Waals surface area contributed by atoms with Crippen molar-refractivity contribution in [1.82, 2.24) is 9.55 Å². The van der Waals surface area contributed by atoms with E-state index < -0.39 is 5.97 Å². The summed E-state index contributed by atoms with van der Waals surface area (Å²) >= 11 is 0. The van der Waals surface area contributed by atoms with Crippen LogP contribution in [-0.2, 0) is 24.8 Å². The highest BCUT2D eigenvalue weighted by Gasteiger charge is 2.20. The Hall–Kier alpha value is -2.66. The molecule has 1 N–H and O–H groups in total. The van der Waals surface area contributed by atoms with Gasteiger partial charge in [-0.1, -0.05) is 18.2 Å². The number of para-hydroxylation sites is 1. The Morgan fingerprint density at radius 1 is 1.22 bits per heavy atom. The zero-order chi connectivity index (χ0) is 16.2. The number of rotatable bonds is 6. The second-order valence-electron chi connectivity index (χ2n) is 5.37. The van der Waals surface area contributed by atoms with Crippen LogP contribution < -0.4 is 0 Å². The van der Waals surface area contributed by atoms with Gasteiger partial charge in [0, 0.05) is 35.9 Å². The Morgan fingerprint density at radius 3 is 2.70 bits per heavy atom. The largest absolute Gasteiger partial charge is 0.477 e. The fraction of sp³-hybridized carbons (Fsp3) is 0.222. The fourth-order valence-corrected chi connectivity index (χ4v) is 2.80. The van der Waals surface area contributed by atoms with E-state index in [-0.39, 0.29) is 12.3 Å². The molecule has 0 aliphatic heterocycles. The summed E-state index contributed by atoms with van der Waals surface area (Å²) in [5.41, 5.74) is 3.06. The van der Waals surface area contributed by atoms with Crippen molar-refractivity contribution in [3.8, 4) is 0 Å². The van der Waals surface area contributed by atoms with Crippen molar-refractivity contribution in [3.63, 3.8) is 0 Å². The van der Waals surface area contributed by atoms with Crippen LogP contribution in [0, 0.1) is 0 Å². The average molecular weight is 310 g/mol. The molecule has 3 aromatic rings. The zero-order valence-electron chi connectivity index (χ0n) is 12.9. The molecule has 0 unspecified atom stereocenters. The smallest absolute Gasteiger partial charge is 0.352 e. The van der Waals surface area contributed by atoms with Crippen molar-refractivity contribution in [1.29, 1.82) is 0 Å². The summed E-state index contributed by atoms with van der Waals surface area (Å²) in [6.45, 7) is 0.820. The quantitative estimate of drug-likeness (QED) is 0.711. The Kier molecular flexibility index (Phi) is 4.39. The summed E-state index contributed by atoms with van der Waals surface area (Å²) in [4.78, 5) is 15.6. The summed E-state index contributed by atoms with van der Waals surface area (Å²) in [7, 11) is 1.77. The highest BCUT2D eigenvalue weighted by molar-refractivity contribution is 5.98. The van der Waals surface area contributed by atoms with E-state index in [9.17, 15) is 9.90 Å². The molecule has 23 heavy (non-hydrogen) atoms. The number of fused-ring (bicyclic) bond motifs is 1. The van der Waals surface area contributed by atoms with Crippen LogP contribution in [0.5, 0.6) is 0 Å². The van der Waals surface area contributed by atoms with Gasteiger partial charge < -0.3 is 14.4 Å². The lowest BCUT2D eigenvalue weighted by Crippen LogP contribution is -2.09. The van der Waals surface area contributed by atoms with Crippen LogP contribution in [0.2, 0.25) is 0 Å². The lowest BCUT2D eigenvalue weighted by atomic mass is 10.1. The lowest BCUT2D eigenvalue weighted by molar-refractivity contribution is 0.0677. The second-order valence-corrected chi connectivity index (χ2v) is 5.37. The van der Waals surface area contributed by atoms with Gasteiger partial charge in [0.15, 0.2) is 0 Å². The highest BCUT2D eigenvalue weighted by Crippen LogP contribution is 2.26. The standard InChI is InChI=1S/C18H18N2O3/c1-20-16-5-3-2-4-14(16)15(17(20)18(21)22)12-23-11-8-13-6-9-19-10-7-13/h2-7,9-10H,8,11-12H2,1H3,(H,21,22). The predicted octanol–water partition coefficient (Wildman–Crippen LogP) is 3.03. The Labute approximate surface area is 134 Å². The van der Waals surface area contributed by atoms with Crippen LogP contribution in [0.15, 0.2) is 48.8 Å². The van der Waals surface area contributed by atoms with Gasteiger partial charge in [0.2, 0.25) is 0 Å². The molecule has 0 atom stereocenters. The van der Waals surface area contributed by atoms with Crippen molar-refractivity contribution < 1.29 is 14.6 Å². The number of pyridine rings is 1. The molecule has 118 valence electrons. The van der Waals surface area contributed by atoms with Gasteiger partial charge in [-0.25, -0.2) is 4.79 Å². The van der Waals surface area contributed by atoms with E-state index in [0.717, 1.165) is 28.5 Å². The third-order valence-electron chi connectivity index (χ3n) is 3.95. The van der Waals surface area contributed by atoms with Gasteiger partial charge in [0.05, 0.1) is 13.2 Å². The molecular formula is C18H18N2O3. The van der Waals surface area contributed by atoms with Gasteiger partial charge in [-0.2, -0.15) is 0 Å². The van der Waals surface area contributed by atoms with E-state index in [1.807, 2.05) is 36.4 Å². The second kappa shape index (κ2) is 6.62. The first-order valence-corrected chi connectivity index (χ1v) is 7.44. The van der Waals surface area contributed by atoms with Gasteiger partial charge in [-0.3, -0.25) is 4.98 Å². The monoisotopic (exact) mass is 310 g/mol. The van der Waals surface area contributed by atoms with Crippen molar-refractivity contribution in [2.45, 2.75) is 13.0 Å². The normalized spacial score (nSPS) is 11.0. The fourth-order valence-electron chi connectivity index (χ4n) is 2.80. The van der Waals surface area contributed by atoms with E-state index in [4.69, 9.17) is 4.74 Å². The van der Waals surface area contributed by atoms with Crippen LogP contribution in [-0.4, -0.2) is 27.2 Å². The van der Waals surface area contributed by atoms with Crippen LogP contribution in [0.25, 0.3) is 10.9 Å². The minimum Gasteiger partial charge on any atom is -0.477 e. The summed E-state index contributed by atoms with van der Waals surface area (Å²) in [6, 6.07) is 11.6. The molecule has 0 saturated heterocycles. The number of hydrogen-bond donors (Lipinski definition) is 1. The van der Waals surface area contributed by atoms with Crippen molar-refractivity contribution >= 4 is 16.9 Å². The van der Waals surface area contributed by atoms with E-state index in [0.29, 0.717) is 6.61 Å². The molecule has 3 rings (SSSR count). The number of aryl methyl sites for hydroxylation is 1. The van der Waals surface area contributed by atoms with E-state index >= 15 is 0 Å². The van der Waals surface area contributed by atoms with E-state index in [1.165, 1.54) is 0 Å². The molecule has 0 bridgehead atoms. The van der Waals surface area contributed by atoms with Crippen molar-refractivity contribution in [3.05, 3.63) is 65.6 Å². The number of carboxylic acids is 1. The van der Waals surface area contributed by atoms with Gasteiger partial charge in [-0.05, 0) is 30.2 Å². The van der Waals surface area contributed by atoms with Crippen molar-refractivity contribution in [2.75, 3.05) is 6.61 Å². The predicted molar refractivity (Wildman–Crippen MR) is 87.5 cm³/mol.